The monoisotopic (exact) mass is 562 g/mol. The van der Waals surface area contributed by atoms with E-state index in [1.807, 2.05) is 56.3 Å². The third-order valence-corrected chi connectivity index (χ3v) is 9.24. The molecule has 2 unspecified atom stereocenters. The van der Waals surface area contributed by atoms with E-state index in [9.17, 15) is 19.2 Å². The first kappa shape index (κ1) is 26.2. The molecule has 3 aromatic rings. The number of carbonyl (C=O) groups excluding carboxylic acids is 4. The minimum Gasteiger partial charge on any atom is -0.492 e. The molecule has 8 rings (SSSR count). The Morgan fingerprint density at radius 1 is 0.619 bits per heavy atom. The molecule has 6 atom stereocenters. The van der Waals surface area contributed by atoms with Crippen LogP contribution in [-0.2, 0) is 24.6 Å². The van der Waals surface area contributed by atoms with Crippen LogP contribution >= 0.6 is 0 Å². The van der Waals surface area contributed by atoms with Crippen molar-refractivity contribution < 1.29 is 28.7 Å². The Kier molecular flexibility index (Phi) is 6.04. The van der Waals surface area contributed by atoms with E-state index < -0.39 is 35.0 Å². The summed E-state index contributed by atoms with van der Waals surface area (Å²) < 4.78 is 11.6. The molecule has 3 aliphatic carbocycles. The number of amides is 4. The van der Waals surface area contributed by atoms with Crippen molar-refractivity contribution in [1.82, 2.24) is 0 Å². The zero-order valence-corrected chi connectivity index (χ0v) is 23.3. The number of rotatable bonds is 7. The van der Waals surface area contributed by atoms with Gasteiger partial charge in [0.2, 0.25) is 23.6 Å². The molecule has 2 heterocycles. The number of para-hydroxylation sites is 4. The Hall–Kier alpha value is -4.72. The predicted molar refractivity (Wildman–Crippen MR) is 155 cm³/mol. The van der Waals surface area contributed by atoms with E-state index >= 15 is 0 Å². The summed E-state index contributed by atoms with van der Waals surface area (Å²) in [4.78, 5) is 60.1. The van der Waals surface area contributed by atoms with Gasteiger partial charge in [-0.15, -0.1) is 0 Å². The van der Waals surface area contributed by atoms with E-state index in [2.05, 4.69) is 0 Å². The molecule has 212 valence electrons. The van der Waals surface area contributed by atoms with Gasteiger partial charge in [-0.3, -0.25) is 19.2 Å². The van der Waals surface area contributed by atoms with Gasteiger partial charge in [-0.05, 0) is 43.7 Å². The van der Waals surface area contributed by atoms with Crippen LogP contribution < -0.4 is 19.3 Å². The molecule has 2 aliphatic heterocycles. The quantitative estimate of drug-likeness (QED) is 0.310. The normalized spacial score (nSPS) is 29.2. The van der Waals surface area contributed by atoms with Gasteiger partial charge in [0.15, 0.2) is 0 Å². The first-order valence-electron chi connectivity index (χ1n) is 14.4. The standard InChI is InChI=1S/C34H30N2O6/c1-3-41-24-16-10-8-14-22(24)35-30(37)26-21-18-19-34(28(26)32(35)39,20-12-6-5-7-13-20)29-27(21)31(38)36(33(29)40)23-15-9-11-17-25(23)42-4-2/h5-19,21,26-29H,3-4H2,1-2H3/t21?,26-,27+,28-,29-,34?/m1/s1. The molecule has 2 saturated heterocycles. The van der Waals surface area contributed by atoms with Gasteiger partial charge in [0.1, 0.15) is 11.5 Å². The van der Waals surface area contributed by atoms with Gasteiger partial charge >= 0.3 is 0 Å². The van der Waals surface area contributed by atoms with E-state index in [0.717, 1.165) is 5.56 Å². The first-order valence-corrected chi connectivity index (χ1v) is 14.4. The van der Waals surface area contributed by atoms with Gasteiger partial charge in [-0.25, -0.2) is 9.80 Å². The largest absolute Gasteiger partial charge is 0.492 e. The molecule has 4 amide bonds. The zero-order chi connectivity index (χ0) is 29.2. The van der Waals surface area contributed by atoms with Crippen LogP contribution in [0.2, 0.25) is 0 Å². The smallest absolute Gasteiger partial charge is 0.239 e. The Morgan fingerprint density at radius 3 is 1.55 bits per heavy atom. The van der Waals surface area contributed by atoms with Gasteiger partial charge in [-0.2, -0.15) is 0 Å². The molecule has 0 spiro atoms. The van der Waals surface area contributed by atoms with E-state index in [4.69, 9.17) is 9.47 Å². The van der Waals surface area contributed by atoms with Crippen LogP contribution in [0, 0.1) is 29.6 Å². The molecule has 8 nitrogen and oxygen atoms in total. The minimum atomic E-state index is -1.20. The number of allylic oxidation sites excluding steroid dienone is 2. The molecule has 5 aliphatic rings. The Morgan fingerprint density at radius 2 is 1.07 bits per heavy atom. The highest BCUT2D eigenvalue weighted by Gasteiger charge is 2.75. The SMILES string of the molecule is CCOc1ccccc1N1C(=O)[C@@H]2C3C=CC(c4ccccc4)([C@H]2C1=O)[C@H]1C(=O)N(c2ccccc2OCC)C(=O)[C@@H]31. The highest BCUT2D eigenvalue weighted by atomic mass is 16.5. The minimum absolute atomic E-state index is 0.366. The molecule has 3 fully saturated rings. The zero-order valence-electron chi connectivity index (χ0n) is 23.3. The molecule has 0 aromatic heterocycles. The molecule has 3 aromatic carbocycles. The van der Waals surface area contributed by atoms with Crippen molar-refractivity contribution in [2.24, 2.45) is 29.6 Å². The number of benzene rings is 3. The van der Waals surface area contributed by atoms with E-state index in [1.54, 1.807) is 48.5 Å². The maximum atomic E-state index is 14.5. The highest BCUT2D eigenvalue weighted by molar-refractivity contribution is 6.27. The average molecular weight is 563 g/mol. The van der Waals surface area contributed by atoms with E-state index in [-0.39, 0.29) is 23.6 Å². The summed E-state index contributed by atoms with van der Waals surface area (Å²) in [5.41, 5.74) is 0.282. The summed E-state index contributed by atoms with van der Waals surface area (Å²) >= 11 is 0. The Balaban J connectivity index is 1.41. The Bertz CT molecular complexity index is 1550. The fraction of sp³-hybridized carbons (Fsp3) is 0.294. The van der Waals surface area contributed by atoms with Gasteiger partial charge in [0.25, 0.3) is 0 Å². The van der Waals surface area contributed by atoms with Crippen LogP contribution in [0.5, 0.6) is 11.5 Å². The molecular formula is C34H30N2O6. The van der Waals surface area contributed by atoms with E-state index in [1.165, 1.54) is 9.80 Å². The second kappa shape index (κ2) is 9.69. The maximum absolute atomic E-state index is 14.5. The number of ether oxygens (including phenoxy) is 2. The molecule has 1 saturated carbocycles. The van der Waals surface area contributed by atoms with Crippen molar-refractivity contribution in [2.75, 3.05) is 23.0 Å². The number of carbonyl (C=O) groups is 4. The summed E-state index contributed by atoms with van der Waals surface area (Å²) in [5, 5.41) is 0. The van der Waals surface area contributed by atoms with Crippen molar-refractivity contribution >= 4 is 35.0 Å². The maximum Gasteiger partial charge on any atom is 0.239 e. The van der Waals surface area contributed by atoms with Gasteiger partial charge < -0.3 is 9.47 Å². The van der Waals surface area contributed by atoms with Gasteiger partial charge in [-0.1, -0.05) is 66.7 Å². The molecular weight excluding hydrogens is 532 g/mol. The first-order chi connectivity index (χ1) is 20.5. The summed E-state index contributed by atoms with van der Waals surface area (Å²) in [6, 6.07) is 23.3. The fourth-order valence-corrected chi connectivity index (χ4v) is 7.79. The lowest BCUT2D eigenvalue weighted by Gasteiger charge is -2.53. The third-order valence-electron chi connectivity index (χ3n) is 9.24. The van der Waals surface area contributed by atoms with E-state index in [0.29, 0.717) is 36.1 Å². The second-order valence-corrected chi connectivity index (χ2v) is 11.1. The number of hydrogen-bond donors (Lipinski definition) is 0. The molecule has 42 heavy (non-hydrogen) atoms. The molecule has 0 N–H and O–H groups in total. The van der Waals surface area contributed by atoms with Crippen molar-refractivity contribution in [3.8, 4) is 11.5 Å². The lowest BCUT2D eigenvalue weighted by atomic mass is 9.45. The lowest BCUT2D eigenvalue weighted by Crippen LogP contribution is -2.60. The Labute approximate surface area is 243 Å². The fourth-order valence-electron chi connectivity index (χ4n) is 7.79. The number of anilines is 2. The van der Waals surface area contributed by atoms with Gasteiger partial charge in [0, 0.05) is 11.3 Å². The molecule has 2 bridgehead atoms. The molecule has 0 radical (unpaired) electrons. The van der Waals surface area contributed by atoms with Crippen LogP contribution in [0.1, 0.15) is 19.4 Å². The van der Waals surface area contributed by atoms with Crippen LogP contribution in [-0.4, -0.2) is 36.8 Å². The van der Waals surface area contributed by atoms with Crippen molar-refractivity contribution in [3.05, 3.63) is 96.6 Å². The summed E-state index contributed by atoms with van der Waals surface area (Å²) in [6.45, 7) is 4.41. The van der Waals surface area contributed by atoms with Crippen molar-refractivity contribution in [1.29, 1.82) is 0 Å². The third kappa shape index (κ3) is 3.35. The van der Waals surface area contributed by atoms with Crippen molar-refractivity contribution in [3.63, 3.8) is 0 Å². The van der Waals surface area contributed by atoms with Crippen LogP contribution in [0.3, 0.4) is 0 Å². The highest BCUT2D eigenvalue weighted by Crippen LogP contribution is 2.65. The molecule has 8 heteroatoms. The van der Waals surface area contributed by atoms with Crippen molar-refractivity contribution in [2.45, 2.75) is 19.3 Å². The summed E-state index contributed by atoms with van der Waals surface area (Å²) in [6.07, 6.45) is 3.81. The number of hydrogen-bond acceptors (Lipinski definition) is 6. The predicted octanol–water partition coefficient (Wildman–Crippen LogP) is 4.53. The van der Waals surface area contributed by atoms with Crippen LogP contribution in [0.4, 0.5) is 11.4 Å². The number of nitrogens with zero attached hydrogens (tertiary/aromatic N) is 2. The lowest BCUT2D eigenvalue weighted by molar-refractivity contribution is -0.140. The number of imide groups is 2. The van der Waals surface area contributed by atoms with Crippen LogP contribution in [0.25, 0.3) is 0 Å². The topological polar surface area (TPSA) is 93.2 Å². The summed E-state index contributed by atoms with van der Waals surface area (Å²) in [7, 11) is 0. The van der Waals surface area contributed by atoms with Gasteiger partial charge in [0.05, 0.1) is 48.3 Å². The van der Waals surface area contributed by atoms with Crippen LogP contribution in [0.15, 0.2) is 91.0 Å². The average Bonchev–Trinajstić information content (AvgIpc) is 3.45. The second-order valence-electron chi connectivity index (χ2n) is 11.1. The summed E-state index contributed by atoms with van der Waals surface area (Å²) in [5.74, 6) is -4.63.